The maximum absolute atomic E-state index is 9.10. The summed E-state index contributed by atoms with van der Waals surface area (Å²) in [6, 6.07) is 5.22. The van der Waals surface area contributed by atoms with Crippen molar-refractivity contribution in [3.05, 3.63) is 28.2 Å². The molecule has 0 aromatic heterocycles. The maximum Gasteiger partial charge on any atom is 0.414 e. The van der Waals surface area contributed by atoms with Gasteiger partial charge >= 0.3 is 11.9 Å². The molecule has 0 aliphatic heterocycles. The lowest BCUT2D eigenvalue weighted by atomic mass is 10.3. The van der Waals surface area contributed by atoms with Gasteiger partial charge in [0, 0.05) is 11.6 Å². The highest BCUT2D eigenvalue weighted by atomic mass is 35.5. The first-order chi connectivity index (χ1) is 9.23. The molecule has 1 aromatic rings. The Hall–Kier alpha value is -1.50. The molecule has 1 rings (SSSR count). The van der Waals surface area contributed by atoms with E-state index in [9.17, 15) is 0 Å². The molecule has 0 radical (unpaired) electrons. The number of carboxylic acids is 2. The summed E-state index contributed by atoms with van der Waals surface area (Å²) in [6.45, 7) is 1.48. The standard InChI is InChI=1S/C10H13Cl2NO.C2H2O4/c1-13(2)5-6-14-10-4-3-8(11)7-9(10)12;3-1(4)2(5)6/h3-4,7H,5-6H2,1-2H3;(H,3,4)(H,5,6). The van der Waals surface area contributed by atoms with Crippen molar-refractivity contribution in [1.29, 1.82) is 0 Å². The number of carbonyl (C=O) groups is 2. The molecule has 0 fully saturated rings. The van der Waals surface area contributed by atoms with E-state index in [1.54, 1.807) is 18.2 Å². The molecule has 0 aliphatic carbocycles. The van der Waals surface area contributed by atoms with Gasteiger partial charge < -0.3 is 19.8 Å². The van der Waals surface area contributed by atoms with Gasteiger partial charge in [0.2, 0.25) is 0 Å². The fraction of sp³-hybridized carbons (Fsp3) is 0.333. The van der Waals surface area contributed by atoms with Crippen LogP contribution in [0.15, 0.2) is 18.2 Å². The van der Waals surface area contributed by atoms with Crippen molar-refractivity contribution in [2.45, 2.75) is 0 Å². The van der Waals surface area contributed by atoms with Crippen molar-refractivity contribution in [2.24, 2.45) is 0 Å². The van der Waals surface area contributed by atoms with E-state index in [0.29, 0.717) is 22.4 Å². The minimum atomic E-state index is -1.82. The highest BCUT2D eigenvalue weighted by Gasteiger charge is 2.04. The molecule has 1 aromatic carbocycles. The summed E-state index contributed by atoms with van der Waals surface area (Å²) in [5.41, 5.74) is 0. The van der Waals surface area contributed by atoms with Gasteiger partial charge in [0.25, 0.3) is 0 Å². The Bertz CT molecular complexity index is 453. The van der Waals surface area contributed by atoms with Gasteiger partial charge in [-0.2, -0.15) is 0 Å². The molecule has 0 unspecified atom stereocenters. The van der Waals surface area contributed by atoms with Crippen LogP contribution in [-0.2, 0) is 9.59 Å². The summed E-state index contributed by atoms with van der Waals surface area (Å²) in [6.07, 6.45) is 0. The molecule has 20 heavy (non-hydrogen) atoms. The van der Waals surface area contributed by atoms with Gasteiger partial charge in [0.1, 0.15) is 12.4 Å². The van der Waals surface area contributed by atoms with E-state index in [1.165, 1.54) is 0 Å². The summed E-state index contributed by atoms with van der Waals surface area (Å²) < 4.78 is 5.47. The molecule has 0 heterocycles. The smallest absolute Gasteiger partial charge is 0.414 e. The van der Waals surface area contributed by atoms with E-state index in [4.69, 9.17) is 47.7 Å². The molecular formula is C12H15Cl2NO5. The van der Waals surface area contributed by atoms with Crippen LogP contribution in [0.1, 0.15) is 0 Å². The number of carboxylic acid groups (broad SMARTS) is 2. The number of benzene rings is 1. The van der Waals surface area contributed by atoms with Crippen molar-refractivity contribution in [3.8, 4) is 5.75 Å². The van der Waals surface area contributed by atoms with Crippen LogP contribution in [0.25, 0.3) is 0 Å². The number of nitrogens with zero attached hydrogens (tertiary/aromatic N) is 1. The number of hydrogen-bond acceptors (Lipinski definition) is 4. The van der Waals surface area contributed by atoms with Crippen molar-refractivity contribution >= 4 is 35.1 Å². The predicted molar refractivity (Wildman–Crippen MR) is 75.8 cm³/mol. The van der Waals surface area contributed by atoms with Crippen LogP contribution >= 0.6 is 23.2 Å². The summed E-state index contributed by atoms with van der Waals surface area (Å²) in [5, 5.41) is 16.0. The lowest BCUT2D eigenvalue weighted by Gasteiger charge is -2.11. The van der Waals surface area contributed by atoms with Crippen LogP contribution in [0.2, 0.25) is 10.0 Å². The number of aliphatic carboxylic acids is 2. The second kappa shape index (κ2) is 9.41. The fourth-order valence-corrected chi connectivity index (χ4v) is 1.39. The first-order valence-corrected chi connectivity index (χ1v) is 6.18. The van der Waals surface area contributed by atoms with Gasteiger partial charge in [-0.25, -0.2) is 9.59 Å². The minimum Gasteiger partial charge on any atom is -0.491 e. The van der Waals surface area contributed by atoms with Gasteiger partial charge in [-0.05, 0) is 32.3 Å². The van der Waals surface area contributed by atoms with E-state index in [-0.39, 0.29) is 0 Å². The van der Waals surface area contributed by atoms with Crippen LogP contribution in [-0.4, -0.2) is 54.3 Å². The molecule has 0 aliphatic rings. The second-order valence-corrected chi connectivity index (χ2v) is 4.68. The lowest BCUT2D eigenvalue weighted by molar-refractivity contribution is -0.159. The van der Waals surface area contributed by atoms with E-state index >= 15 is 0 Å². The van der Waals surface area contributed by atoms with Crippen LogP contribution in [0.5, 0.6) is 5.75 Å². The lowest BCUT2D eigenvalue weighted by Crippen LogP contribution is -2.19. The number of halogens is 2. The summed E-state index contributed by atoms with van der Waals surface area (Å²) in [4.78, 5) is 20.2. The van der Waals surface area contributed by atoms with E-state index in [0.717, 1.165) is 6.54 Å². The zero-order chi connectivity index (χ0) is 15.7. The zero-order valence-corrected chi connectivity index (χ0v) is 12.5. The fourth-order valence-electron chi connectivity index (χ4n) is 0.930. The molecule has 112 valence electrons. The summed E-state index contributed by atoms with van der Waals surface area (Å²) in [7, 11) is 3.99. The average Bonchev–Trinajstić information content (AvgIpc) is 2.32. The topological polar surface area (TPSA) is 87.1 Å². The van der Waals surface area contributed by atoms with Gasteiger partial charge in [-0.15, -0.1) is 0 Å². The van der Waals surface area contributed by atoms with Crippen LogP contribution in [0.3, 0.4) is 0 Å². The third kappa shape index (κ3) is 8.58. The van der Waals surface area contributed by atoms with Crippen molar-refractivity contribution in [2.75, 3.05) is 27.2 Å². The van der Waals surface area contributed by atoms with Crippen molar-refractivity contribution in [1.82, 2.24) is 4.90 Å². The molecule has 6 nitrogen and oxygen atoms in total. The van der Waals surface area contributed by atoms with Crippen molar-refractivity contribution in [3.63, 3.8) is 0 Å². The second-order valence-electron chi connectivity index (χ2n) is 3.84. The average molecular weight is 324 g/mol. The molecular weight excluding hydrogens is 309 g/mol. The largest absolute Gasteiger partial charge is 0.491 e. The first kappa shape index (κ1) is 18.5. The first-order valence-electron chi connectivity index (χ1n) is 5.42. The third-order valence-electron chi connectivity index (χ3n) is 1.87. The molecule has 0 bridgehead atoms. The molecule has 0 saturated carbocycles. The Labute approximate surface area is 126 Å². The maximum atomic E-state index is 9.10. The Morgan fingerprint density at radius 3 is 2.15 bits per heavy atom. The number of likely N-dealkylation sites (N-methyl/N-ethyl adjacent to an activating group) is 1. The molecule has 0 saturated heterocycles. The van der Waals surface area contributed by atoms with E-state index < -0.39 is 11.9 Å². The summed E-state index contributed by atoms with van der Waals surface area (Å²) >= 11 is 11.7. The number of hydrogen-bond donors (Lipinski definition) is 2. The van der Waals surface area contributed by atoms with Crippen LogP contribution in [0.4, 0.5) is 0 Å². The van der Waals surface area contributed by atoms with Gasteiger partial charge in [0.05, 0.1) is 5.02 Å². The molecule has 0 atom stereocenters. The van der Waals surface area contributed by atoms with Gasteiger partial charge in [-0.3, -0.25) is 0 Å². The Balaban J connectivity index is 0.000000511. The molecule has 0 amide bonds. The quantitative estimate of drug-likeness (QED) is 0.825. The van der Waals surface area contributed by atoms with Crippen LogP contribution < -0.4 is 4.74 Å². The Morgan fingerprint density at radius 2 is 1.75 bits per heavy atom. The SMILES string of the molecule is CN(C)CCOc1ccc(Cl)cc1Cl.O=C(O)C(=O)O. The van der Waals surface area contributed by atoms with Gasteiger partial charge in [-0.1, -0.05) is 23.2 Å². The number of rotatable bonds is 4. The third-order valence-corrected chi connectivity index (χ3v) is 2.40. The minimum absolute atomic E-state index is 0.552. The highest BCUT2D eigenvalue weighted by molar-refractivity contribution is 6.35. The normalized spacial score (nSPS) is 9.65. The van der Waals surface area contributed by atoms with Crippen molar-refractivity contribution < 1.29 is 24.5 Å². The molecule has 0 spiro atoms. The highest BCUT2D eigenvalue weighted by Crippen LogP contribution is 2.27. The zero-order valence-electron chi connectivity index (χ0n) is 11.0. The molecule has 2 N–H and O–H groups in total. The van der Waals surface area contributed by atoms with E-state index in [1.807, 2.05) is 19.0 Å². The van der Waals surface area contributed by atoms with E-state index in [2.05, 4.69) is 0 Å². The number of ether oxygens (including phenoxy) is 1. The van der Waals surface area contributed by atoms with Crippen LogP contribution in [0, 0.1) is 0 Å². The summed E-state index contributed by atoms with van der Waals surface area (Å²) in [5.74, 6) is -2.97. The predicted octanol–water partition coefficient (Wildman–Crippen LogP) is 2.09. The monoisotopic (exact) mass is 323 g/mol. The Morgan fingerprint density at radius 1 is 1.20 bits per heavy atom. The van der Waals surface area contributed by atoms with Gasteiger partial charge in [0.15, 0.2) is 0 Å². The Kier molecular flexibility index (Phi) is 8.71. The molecule has 8 heteroatoms.